The van der Waals surface area contributed by atoms with E-state index >= 15 is 0 Å². The molecule has 0 radical (unpaired) electrons. The van der Waals surface area contributed by atoms with Gasteiger partial charge in [0.15, 0.2) is 5.79 Å². The molecule has 2 aliphatic rings. The molecule has 23 heavy (non-hydrogen) atoms. The largest absolute Gasteiger partial charge is 0.347 e. The Bertz CT molecular complexity index is 729. The normalized spacial score (nSPS) is 20.5. The summed E-state index contributed by atoms with van der Waals surface area (Å²) in [6, 6.07) is 5.57. The van der Waals surface area contributed by atoms with Gasteiger partial charge in [0.05, 0.1) is 24.9 Å². The minimum Gasteiger partial charge on any atom is -0.347 e. The maximum Gasteiger partial charge on any atom is 0.244 e. The van der Waals surface area contributed by atoms with Gasteiger partial charge >= 0.3 is 0 Å². The summed E-state index contributed by atoms with van der Waals surface area (Å²) in [7, 11) is 0. The second kappa shape index (κ2) is 5.78. The minimum atomic E-state index is -0.456. The van der Waals surface area contributed by atoms with Crippen LogP contribution in [-0.2, 0) is 20.8 Å². The molecule has 7 heteroatoms. The molecule has 0 aliphatic carbocycles. The number of carbonyl (C=O) groups is 1. The molecule has 0 unspecified atom stereocenters. The summed E-state index contributed by atoms with van der Waals surface area (Å²) in [5.74, 6) is -0.397. The lowest BCUT2D eigenvalue weighted by Gasteiger charge is -2.37. The van der Waals surface area contributed by atoms with Crippen LogP contribution in [0.1, 0.15) is 12.8 Å². The Hall–Kier alpha value is -1.63. The average Bonchev–Trinajstić information content (AvgIpc) is 3.16. The smallest absolute Gasteiger partial charge is 0.244 e. The SMILES string of the molecule is O=C(Cn1ncc2ccc(Cl)cc21)N1CCC2(CC1)OCCO2. The molecule has 2 aliphatic heterocycles. The predicted molar refractivity (Wildman–Crippen MR) is 85.2 cm³/mol. The fourth-order valence-corrected chi connectivity index (χ4v) is 3.45. The summed E-state index contributed by atoms with van der Waals surface area (Å²) in [6.45, 7) is 2.82. The van der Waals surface area contributed by atoms with E-state index in [1.54, 1.807) is 10.9 Å². The lowest BCUT2D eigenvalue weighted by molar-refractivity contribution is -0.187. The van der Waals surface area contributed by atoms with Crippen LogP contribution >= 0.6 is 11.6 Å². The molecular formula is C16H18ClN3O3. The topological polar surface area (TPSA) is 56.6 Å². The van der Waals surface area contributed by atoms with Crippen LogP contribution in [0.3, 0.4) is 0 Å². The molecule has 0 N–H and O–H groups in total. The molecule has 4 rings (SSSR count). The van der Waals surface area contributed by atoms with E-state index in [-0.39, 0.29) is 12.5 Å². The number of amides is 1. The highest BCUT2D eigenvalue weighted by atomic mass is 35.5. The van der Waals surface area contributed by atoms with E-state index in [0.717, 1.165) is 23.7 Å². The van der Waals surface area contributed by atoms with Crippen LogP contribution < -0.4 is 0 Å². The molecule has 0 saturated carbocycles. The van der Waals surface area contributed by atoms with Crippen molar-refractivity contribution in [3.8, 4) is 0 Å². The quantitative estimate of drug-likeness (QED) is 0.843. The third-order valence-electron chi connectivity index (χ3n) is 4.58. The van der Waals surface area contributed by atoms with Crippen LogP contribution in [0.25, 0.3) is 10.9 Å². The van der Waals surface area contributed by atoms with Crippen molar-refractivity contribution < 1.29 is 14.3 Å². The Morgan fingerprint density at radius 2 is 2.00 bits per heavy atom. The number of rotatable bonds is 2. The van der Waals surface area contributed by atoms with Crippen molar-refractivity contribution in [2.75, 3.05) is 26.3 Å². The molecule has 2 fully saturated rings. The van der Waals surface area contributed by atoms with Gasteiger partial charge in [0.2, 0.25) is 5.91 Å². The highest BCUT2D eigenvalue weighted by Gasteiger charge is 2.40. The average molecular weight is 336 g/mol. The number of nitrogens with zero attached hydrogens (tertiary/aromatic N) is 3. The van der Waals surface area contributed by atoms with Crippen LogP contribution in [0.15, 0.2) is 24.4 Å². The number of carbonyl (C=O) groups excluding carboxylic acids is 1. The fraction of sp³-hybridized carbons (Fsp3) is 0.500. The highest BCUT2D eigenvalue weighted by molar-refractivity contribution is 6.31. The van der Waals surface area contributed by atoms with Crippen molar-refractivity contribution >= 4 is 28.4 Å². The van der Waals surface area contributed by atoms with Crippen LogP contribution in [0, 0.1) is 0 Å². The second-order valence-corrected chi connectivity index (χ2v) is 6.43. The highest BCUT2D eigenvalue weighted by Crippen LogP contribution is 2.31. The molecule has 2 aromatic rings. The van der Waals surface area contributed by atoms with Crippen LogP contribution in [0.2, 0.25) is 5.02 Å². The molecule has 0 bridgehead atoms. The van der Waals surface area contributed by atoms with E-state index in [4.69, 9.17) is 21.1 Å². The van der Waals surface area contributed by atoms with Gasteiger partial charge in [-0.2, -0.15) is 5.10 Å². The number of likely N-dealkylation sites (tertiary alicyclic amines) is 1. The zero-order chi connectivity index (χ0) is 15.9. The third-order valence-corrected chi connectivity index (χ3v) is 4.82. The lowest BCUT2D eigenvalue weighted by Crippen LogP contribution is -2.48. The van der Waals surface area contributed by atoms with Gasteiger partial charge in [-0.3, -0.25) is 9.48 Å². The summed E-state index contributed by atoms with van der Waals surface area (Å²) in [5.41, 5.74) is 0.877. The van der Waals surface area contributed by atoms with Gasteiger partial charge in [-0.05, 0) is 18.2 Å². The van der Waals surface area contributed by atoms with Gasteiger partial charge in [-0.1, -0.05) is 11.6 Å². The van der Waals surface area contributed by atoms with Crippen molar-refractivity contribution in [3.63, 3.8) is 0 Å². The van der Waals surface area contributed by atoms with E-state index in [1.165, 1.54) is 0 Å². The van der Waals surface area contributed by atoms with Crippen molar-refractivity contribution in [3.05, 3.63) is 29.4 Å². The molecule has 1 spiro atoms. The molecule has 2 saturated heterocycles. The number of aromatic nitrogens is 2. The van der Waals surface area contributed by atoms with Crippen LogP contribution in [0.5, 0.6) is 0 Å². The second-order valence-electron chi connectivity index (χ2n) is 5.99. The molecule has 3 heterocycles. The van der Waals surface area contributed by atoms with Crippen molar-refractivity contribution in [1.29, 1.82) is 0 Å². The number of hydrogen-bond acceptors (Lipinski definition) is 4. The molecule has 1 amide bonds. The zero-order valence-corrected chi connectivity index (χ0v) is 13.5. The number of ether oxygens (including phenoxy) is 2. The molecule has 1 aromatic carbocycles. The van der Waals surface area contributed by atoms with E-state index < -0.39 is 5.79 Å². The summed E-state index contributed by atoms with van der Waals surface area (Å²) >= 11 is 6.04. The summed E-state index contributed by atoms with van der Waals surface area (Å²) in [4.78, 5) is 14.4. The van der Waals surface area contributed by atoms with Gasteiger partial charge in [0.25, 0.3) is 0 Å². The van der Waals surface area contributed by atoms with E-state index in [9.17, 15) is 4.79 Å². The molecule has 6 nitrogen and oxygen atoms in total. The Labute approximate surface area is 138 Å². The van der Waals surface area contributed by atoms with Gasteiger partial charge in [-0.25, -0.2) is 0 Å². The first-order valence-electron chi connectivity index (χ1n) is 7.82. The molecule has 122 valence electrons. The summed E-state index contributed by atoms with van der Waals surface area (Å²) in [6.07, 6.45) is 3.21. The standard InChI is InChI=1S/C16H18ClN3O3/c17-13-2-1-12-10-18-20(14(12)9-13)11-15(21)19-5-3-16(4-6-19)22-7-8-23-16/h1-2,9-10H,3-8,11H2. The Balaban J connectivity index is 1.44. The first-order chi connectivity index (χ1) is 11.2. The maximum absolute atomic E-state index is 12.5. The van der Waals surface area contributed by atoms with Gasteiger partial charge < -0.3 is 14.4 Å². The molecule has 0 atom stereocenters. The van der Waals surface area contributed by atoms with Crippen molar-refractivity contribution in [2.24, 2.45) is 0 Å². The van der Waals surface area contributed by atoms with Crippen LogP contribution in [-0.4, -0.2) is 52.7 Å². The number of hydrogen-bond donors (Lipinski definition) is 0. The Morgan fingerprint density at radius 1 is 1.26 bits per heavy atom. The number of benzene rings is 1. The van der Waals surface area contributed by atoms with Gasteiger partial charge in [0.1, 0.15) is 6.54 Å². The van der Waals surface area contributed by atoms with E-state index in [2.05, 4.69) is 5.10 Å². The first-order valence-corrected chi connectivity index (χ1v) is 8.20. The van der Waals surface area contributed by atoms with E-state index in [1.807, 2.05) is 23.1 Å². The molecular weight excluding hydrogens is 318 g/mol. The predicted octanol–water partition coefficient (Wildman–Crippen LogP) is 2.06. The first kappa shape index (κ1) is 14.9. The fourth-order valence-electron chi connectivity index (χ4n) is 3.28. The number of piperidine rings is 1. The third kappa shape index (κ3) is 2.82. The lowest BCUT2D eigenvalue weighted by atomic mass is 10.0. The monoisotopic (exact) mass is 335 g/mol. The zero-order valence-electron chi connectivity index (χ0n) is 12.7. The van der Waals surface area contributed by atoms with Crippen molar-refractivity contribution in [1.82, 2.24) is 14.7 Å². The van der Waals surface area contributed by atoms with Gasteiger partial charge in [-0.15, -0.1) is 0 Å². The molecule has 1 aromatic heterocycles. The van der Waals surface area contributed by atoms with Crippen LogP contribution in [0.4, 0.5) is 0 Å². The Kier molecular flexibility index (Phi) is 3.75. The maximum atomic E-state index is 12.5. The minimum absolute atomic E-state index is 0.0582. The van der Waals surface area contributed by atoms with Gasteiger partial charge in [0, 0.05) is 36.3 Å². The number of halogens is 1. The summed E-state index contributed by atoms with van der Waals surface area (Å²) in [5, 5.41) is 5.92. The van der Waals surface area contributed by atoms with E-state index in [0.29, 0.717) is 31.3 Å². The Morgan fingerprint density at radius 3 is 2.74 bits per heavy atom. The van der Waals surface area contributed by atoms with Crippen molar-refractivity contribution in [2.45, 2.75) is 25.2 Å². The summed E-state index contributed by atoms with van der Waals surface area (Å²) < 4.78 is 13.1. The number of fused-ring (bicyclic) bond motifs is 1.